The fourth-order valence-corrected chi connectivity index (χ4v) is 1.57. The lowest BCUT2D eigenvalue weighted by Crippen LogP contribution is -2.50. The van der Waals surface area contributed by atoms with Crippen molar-refractivity contribution in [1.82, 2.24) is 5.32 Å². The number of anilines is 1. The first kappa shape index (κ1) is 15.3. The smallest absolute Gasteiger partial charge is 0.319 e. The molecule has 3 N–H and O–H groups in total. The Morgan fingerprint density at radius 3 is 2.68 bits per heavy atom. The molecular weight excluding hydrogens is 244 g/mol. The summed E-state index contributed by atoms with van der Waals surface area (Å²) < 4.78 is 5.22. The molecular formula is C14H22N2O3. The monoisotopic (exact) mass is 266 g/mol. The summed E-state index contributed by atoms with van der Waals surface area (Å²) in [7, 11) is 1.56. The fourth-order valence-electron chi connectivity index (χ4n) is 1.57. The van der Waals surface area contributed by atoms with Crippen LogP contribution in [0, 0.1) is 6.92 Å². The van der Waals surface area contributed by atoms with Gasteiger partial charge in [0.05, 0.1) is 24.9 Å². The minimum absolute atomic E-state index is 0.109. The number of urea groups is 1. The summed E-state index contributed by atoms with van der Waals surface area (Å²) in [4.78, 5) is 11.9. The lowest BCUT2D eigenvalue weighted by atomic mass is 10.0. The Labute approximate surface area is 114 Å². The van der Waals surface area contributed by atoms with Gasteiger partial charge in [0, 0.05) is 0 Å². The maximum absolute atomic E-state index is 11.9. The summed E-state index contributed by atoms with van der Waals surface area (Å²) >= 11 is 0. The average Bonchev–Trinajstić information content (AvgIpc) is 2.40. The van der Waals surface area contributed by atoms with Crippen LogP contribution in [0.1, 0.15) is 25.8 Å². The van der Waals surface area contributed by atoms with Gasteiger partial charge in [0.15, 0.2) is 0 Å². The van der Waals surface area contributed by atoms with E-state index in [1.54, 1.807) is 20.1 Å². The minimum Gasteiger partial charge on any atom is -0.495 e. The molecule has 106 valence electrons. The third-order valence-electron chi connectivity index (χ3n) is 3.15. The maximum Gasteiger partial charge on any atom is 0.319 e. The number of carbonyl (C=O) groups excluding carboxylic acids is 1. The van der Waals surface area contributed by atoms with Crippen molar-refractivity contribution < 1.29 is 14.6 Å². The molecule has 0 saturated carbocycles. The summed E-state index contributed by atoms with van der Waals surface area (Å²) in [5.41, 5.74) is 1.03. The molecule has 5 nitrogen and oxygen atoms in total. The van der Waals surface area contributed by atoms with E-state index in [-0.39, 0.29) is 12.6 Å². The number of aliphatic hydroxyl groups excluding tert-OH is 1. The zero-order chi connectivity index (χ0) is 14.5. The Morgan fingerprint density at radius 2 is 2.16 bits per heavy atom. The first-order valence-corrected chi connectivity index (χ1v) is 6.28. The molecule has 0 spiro atoms. The molecule has 0 radical (unpaired) electrons. The van der Waals surface area contributed by atoms with Crippen LogP contribution in [-0.4, -0.2) is 30.4 Å². The van der Waals surface area contributed by atoms with Gasteiger partial charge in [0.1, 0.15) is 5.75 Å². The van der Waals surface area contributed by atoms with Crippen LogP contribution in [0.25, 0.3) is 0 Å². The quantitative estimate of drug-likeness (QED) is 0.765. The van der Waals surface area contributed by atoms with Crippen molar-refractivity contribution >= 4 is 11.7 Å². The number of carbonyl (C=O) groups is 1. The Kier molecular flexibility index (Phi) is 5.18. The molecule has 1 atom stereocenters. The maximum atomic E-state index is 11.9. The summed E-state index contributed by atoms with van der Waals surface area (Å²) in [6, 6.07) is 5.17. The molecule has 19 heavy (non-hydrogen) atoms. The Bertz CT molecular complexity index is 442. The Hall–Kier alpha value is -1.75. The molecule has 1 aromatic carbocycles. The first-order chi connectivity index (χ1) is 8.94. The standard InChI is InChI=1S/C14H22N2O3/c1-5-14(3,9-17)16-13(18)15-11-7-6-10(2)8-12(11)19-4/h6-8,17H,5,9H2,1-4H3,(H2,15,16,18). The van der Waals surface area contributed by atoms with E-state index in [1.165, 1.54) is 0 Å². The number of aliphatic hydroxyl groups is 1. The number of methoxy groups -OCH3 is 1. The zero-order valence-corrected chi connectivity index (χ0v) is 11.9. The van der Waals surface area contributed by atoms with Crippen LogP contribution >= 0.6 is 0 Å². The molecule has 0 aromatic heterocycles. The third-order valence-corrected chi connectivity index (χ3v) is 3.15. The Balaban J connectivity index is 2.77. The van der Waals surface area contributed by atoms with Crippen molar-refractivity contribution in [1.29, 1.82) is 0 Å². The van der Waals surface area contributed by atoms with E-state index < -0.39 is 5.54 Å². The summed E-state index contributed by atoms with van der Waals surface area (Å²) in [5.74, 6) is 0.609. The van der Waals surface area contributed by atoms with E-state index in [9.17, 15) is 9.90 Å². The minimum atomic E-state index is -0.623. The largest absolute Gasteiger partial charge is 0.495 e. The summed E-state index contributed by atoms with van der Waals surface area (Å²) in [6.45, 7) is 5.54. The zero-order valence-electron chi connectivity index (χ0n) is 11.9. The van der Waals surface area contributed by atoms with Crippen molar-refractivity contribution in [2.45, 2.75) is 32.7 Å². The number of benzene rings is 1. The molecule has 1 aromatic rings. The third kappa shape index (κ3) is 4.13. The highest BCUT2D eigenvalue weighted by Crippen LogP contribution is 2.25. The second-order valence-corrected chi connectivity index (χ2v) is 4.86. The van der Waals surface area contributed by atoms with Gasteiger partial charge in [-0.05, 0) is 38.0 Å². The van der Waals surface area contributed by atoms with Gasteiger partial charge < -0.3 is 20.5 Å². The van der Waals surface area contributed by atoms with Crippen LogP contribution in [0.15, 0.2) is 18.2 Å². The first-order valence-electron chi connectivity index (χ1n) is 6.28. The van der Waals surface area contributed by atoms with Gasteiger partial charge in [0.25, 0.3) is 0 Å². The molecule has 0 aliphatic heterocycles. The predicted molar refractivity (Wildman–Crippen MR) is 75.7 cm³/mol. The highest BCUT2D eigenvalue weighted by molar-refractivity contribution is 5.91. The molecule has 1 unspecified atom stereocenters. The second-order valence-electron chi connectivity index (χ2n) is 4.86. The predicted octanol–water partition coefficient (Wildman–Crippen LogP) is 2.29. The lowest BCUT2D eigenvalue weighted by Gasteiger charge is -2.27. The highest BCUT2D eigenvalue weighted by atomic mass is 16.5. The lowest BCUT2D eigenvalue weighted by molar-refractivity contribution is 0.172. The van der Waals surface area contributed by atoms with Crippen LogP contribution in [-0.2, 0) is 0 Å². The van der Waals surface area contributed by atoms with Crippen molar-refractivity contribution in [2.24, 2.45) is 0 Å². The number of ether oxygens (including phenoxy) is 1. The Morgan fingerprint density at radius 1 is 1.47 bits per heavy atom. The van der Waals surface area contributed by atoms with Crippen molar-refractivity contribution in [2.75, 3.05) is 19.0 Å². The number of nitrogens with one attached hydrogen (secondary N) is 2. The molecule has 0 aliphatic rings. The van der Waals surface area contributed by atoms with Crippen LogP contribution < -0.4 is 15.4 Å². The highest BCUT2D eigenvalue weighted by Gasteiger charge is 2.23. The molecule has 0 fully saturated rings. The van der Waals surface area contributed by atoms with Crippen LogP contribution in [0.3, 0.4) is 0 Å². The number of rotatable bonds is 5. The van der Waals surface area contributed by atoms with Gasteiger partial charge >= 0.3 is 6.03 Å². The van der Waals surface area contributed by atoms with Crippen LogP contribution in [0.2, 0.25) is 0 Å². The average molecular weight is 266 g/mol. The number of hydrogen-bond acceptors (Lipinski definition) is 3. The summed E-state index contributed by atoms with van der Waals surface area (Å²) in [6.07, 6.45) is 0.641. The van der Waals surface area contributed by atoms with E-state index in [1.807, 2.05) is 26.0 Å². The van der Waals surface area contributed by atoms with Crippen molar-refractivity contribution in [3.05, 3.63) is 23.8 Å². The molecule has 0 bridgehead atoms. The van der Waals surface area contributed by atoms with Gasteiger partial charge in [-0.15, -0.1) is 0 Å². The van der Waals surface area contributed by atoms with Gasteiger partial charge in [-0.25, -0.2) is 4.79 Å². The van der Waals surface area contributed by atoms with Crippen LogP contribution in [0.5, 0.6) is 5.75 Å². The van der Waals surface area contributed by atoms with E-state index in [0.29, 0.717) is 17.9 Å². The van der Waals surface area contributed by atoms with Gasteiger partial charge in [-0.2, -0.15) is 0 Å². The van der Waals surface area contributed by atoms with E-state index in [4.69, 9.17) is 4.74 Å². The molecule has 0 aliphatic carbocycles. The molecule has 5 heteroatoms. The molecule has 2 amide bonds. The van der Waals surface area contributed by atoms with Gasteiger partial charge in [-0.3, -0.25) is 0 Å². The second kappa shape index (κ2) is 6.43. The number of amides is 2. The summed E-state index contributed by atoms with van der Waals surface area (Å²) in [5, 5.41) is 14.7. The van der Waals surface area contributed by atoms with Crippen molar-refractivity contribution in [3.8, 4) is 5.75 Å². The van der Waals surface area contributed by atoms with Gasteiger partial charge in [0.2, 0.25) is 0 Å². The number of aryl methyl sites for hydroxylation is 1. The van der Waals surface area contributed by atoms with Crippen molar-refractivity contribution in [3.63, 3.8) is 0 Å². The van der Waals surface area contributed by atoms with Gasteiger partial charge in [-0.1, -0.05) is 13.0 Å². The van der Waals surface area contributed by atoms with E-state index in [0.717, 1.165) is 5.56 Å². The van der Waals surface area contributed by atoms with E-state index >= 15 is 0 Å². The fraction of sp³-hybridized carbons (Fsp3) is 0.500. The molecule has 1 rings (SSSR count). The normalized spacial score (nSPS) is 13.5. The number of hydrogen-bond donors (Lipinski definition) is 3. The van der Waals surface area contributed by atoms with E-state index in [2.05, 4.69) is 10.6 Å². The topological polar surface area (TPSA) is 70.6 Å². The SMILES string of the molecule is CCC(C)(CO)NC(=O)Nc1ccc(C)cc1OC. The van der Waals surface area contributed by atoms with Crippen LogP contribution in [0.4, 0.5) is 10.5 Å². The molecule has 0 saturated heterocycles. The molecule has 0 heterocycles.